The van der Waals surface area contributed by atoms with Gasteiger partial charge in [-0.1, -0.05) is 29.8 Å². The van der Waals surface area contributed by atoms with Crippen LogP contribution in [0, 0.1) is 0 Å². The second-order valence-electron chi connectivity index (χ2n) is 5.00. The summed E-state index contributed by atoms with van der Waals surface area (Å²) in [7, 11) is 0. The number of imide groups is 1. The van der Waals surface area contributed by atoms with Gasteiger partial charge < -0.3 is 5.32 Å². The Labute approximate surface area is 147 Å². The molecule has 0 bridgehead atoms. The van der Waals surface area contributed by atoms with Gasteiger partial charge in [0.15, 0.2) is 0 Å². The number of hydrogen-bond acceptors (Lipinski definition) is 5. The fourth-order valence-corrected chi connectivity index (χ4v) is 3.31. The van der Waals surface area contributed by atoms with Gasteiger partial charge in [0.05, 0.1) is 10.7 Å². The highest BCUT2D eigenvalue weighted by atomic mass is 35.5. The summed E-state index contributed by atoms with van der Waals surface area (Å²) in [6.07, 6.45) is 1.30. The third kappa shape index (κ3) is 3.58. The third-order valence-electron chi connectivity index (χ3n) is 3.30. The minimum Gasteiger partial charge on any atom is -0.311 e. The highest BCUT2D eigenvalue weighted by Crippen LogP contribution is 2.33. The van der Waals surface area contributed by atoms with E-state index in [4.69, 9.17) is 11.6 Å². The van der Waals surface area contributed by atoms with Gasteiger partial charge in [0.2, 0.25) is 11.8 Å². The number of nitrogens with zero attached hydrogens (tertiary/aromatic N) is 2. The minimum absolute atomic E-state index is 0.108. The van der Waals surface area contributed by atoms with Crippen LogP contribution in [0.3, 0.4) is 0 Å². The van der Waals surface area contributed by atoms with Crippen LogP contribution >= 0.6 is 23.4 Å². The average molecular weight is 362 g/mol. The number of carbonyl (C=O) groups is 3. The van der Waals surface area contributed by atoms with Crippen molar-refractivity contribution in [3.8, 4) is 0 Å². The molecule has 0 saturated carbocycles. The van der Waals surface area contributed by atoms with E-state index in [2.05, 4.69) is 10.3 Å². The van der Waals surface area contributed by atoms with Crippen LogP contribution in [0.4, 0.5) is 16.3 Å². The quantitative estimate of drug-likeness (QED) is 0.903. The molecular formula is C16H12ClN3O3S. The highest BCUT2D eigenvalue weighted by molar-refractivity contribution is 8.15. The maximum Gasteiger partial charge on any atom is 0.293 e. The normalized spacial score (nSPS) is 17.2. The molecule has 0 unspecified atom stereocenters. The van der Waals surface area contributed by atoms with Crippen molar-refractivity contribution in [3.63, 3.8) is 0 Å². The molecule has 1 fully saturated rings. The topological polar surface area (TPSA) is 79.4 Å². The molecule has 3 rings (SSSR count). The van der Waals surface area contributed by atoms with Gasteiger partial charge in [0, 0.05) is 12.6 Å². The van der Waals surface area contributed by atoms with Gasteiger partial charge in [-0.3, -0.25) is 14.4 Å². The number of halogens is 1. The monoisotopic (exact) mass is 361 g/mol. The van der Waals surface area contributed by atoms with E-state index in [0.29, 0.717) is 16.5 Å². The van der Waals surface area contributed by atoms with Gasteiger partial charge in [0.1, 0.15) is 11.1 Å². The lowest BCUT2D eigenvalue weighted by Crippen LogP contribution is -2.32. The minimum atomic E-state index is -0.745. The average Bonchev–Trinajstić information content (AvgIpc) is 2.84. The molecule has 1 aromatic heterocycles. The van der Waals surface area contributed by atoms with Crippen molar-refractivity contribution in [3.05, 3.63) is 53.7 Å². The number of anilines is 2. The van der Waals surface area contributed by atoms with Crippen LogP contribution in [0.5, 0.6) is 0 Å². The molecule has 2 heterocycles. The van der Waals surface area contributed by atoms with E-state index >= 15 is 0 Å². The highest BCUT2D eigenvalue weighted by Gasteiger charge is 2.41. The zero-order valence-electron chi connectivity index (χ0n) is 12.3. The zero-order chi connectivity index (χ0) is 17.1. The molecule has 1 aromatic carbocycles. The second kappa shape index (κ2) is 7.02. The first-order chi connectivity index (χ1) is 11.5. The Hall–Kier alpha value is -2.38. The standard InChI is InChI=1S/C16H12ClN3O3S/c17-10-6-7-13(18-9-10)19-14(21)8-12-15(22)20(16(23)24-12)11-4-2-1-3-5-11/h1-7,9,12H,8H2,(H,18,19,21)/t12-/m1/s1. The Kier molecular flexibility index (Phi) is 4.82. The van der Waals surface area contributed by atoms with Gasteiger partial charge in [0.25, 0.3) is 5.24 Å². The van der Waals surface area contributed by atoms with Crippen LogP contribution < -0.4 is 10.2 Å². The van der Waals surface area contributed by atoms with Crippen LogP contribution in [0.25, 0.3) is 0 Å². The second-order valence-corrected chi connectivity index (χ2v) is 6.59. The van der Waals surface area contributed by atoms with Gasteiger partial charge >= 0.3 is 0 Å². The molecule has 1 aliphatic rings. The van der Waals surface area contributed by atoms with E-state index in [-0.39, 0.29) is 11.7 Å². The number of para-hydroxylation sites is 1. The summed E-state index contributed by atoms with van der Waals surface area (Å²) in [5.74, 6) is -0.445. The molecule has 1 aliphatic heterocycles. The molecule has 6 nitrogen and oxygen atoms in total. The van der Waals surface area contributed by atoms with E-state index < -0.39 is 17.1 Å². The maximum atomic E-state index is 12.4. The summed E-state index contributed by atoms with van der Waals surface area (Å²) in [4.78, 5) is 41.6. The number of carbonyl (C=O) groups excluding carboxylic acids is 3. The predicted molar refractivity (Wildman–Crippen MR) is 93.2 cm³/mol. The molecule has 24 heavy (non-hydrogen) atoms. The fourth-order valence-electron chi connectivity index (χ4n) is 2.21. The van der Waals surface area contributed by atoms with Crippen molar-refractivity contribution in [2.24, 2.45) is 0 Å². The summed E-state index contributed by atoms with van der Waals surface area (Å²) >= 11 is 6.58. The summed E-state index contributed by atoms with van der Waals surface area (Å²) < 4.78 is 0. The van der Waals surface area contributed by atoms with Crippen molar-refractivity contribution < 1.29 is 14.4 Å². The number of amides is 3. The lowest BCUT2D eigenvalue weighted by Gasteiger charge is -2.13. The van der Waals surface area contributed by atoms with Gasteiger partial charge in [-0.2, -0.15) is 0 Å². The Morgan fingerprint density at radius 1 is 1.21 bits per heavy atom. The van der Waals surface area contributed by atoms with Crippen LogP contribution in [-0.2, 0) is 9.59 Å². The van der Waals surface area contributed by atoms with Gasteiger partial charge in [-0.05, 0) is 36.0 Å². The van der Waals surface area contributed by atoms with Crippen molar-refractivity contribution in [2.45, 2.75) is 11.7 Å². The fraction of sp³-hybridized carbons (Fsp3) is 0.125. The van der Waals surface area contributed by atoms with Crippen LogP contribution in [0.2, 0.25) is 5.02 Å². The Balaban J connectivity index is 1.65. The zero-order valence-corrected chi connectivity index (χ0v) is 13.9. The first-order valence-corrected chi connectivity index (χ1v) is 8.31. The van der Waals surface area contributed by atoms with Crippen molar-refractivity contribution in [1.29, 1.82) is 0 Å². The predicted octanol–water partition coefficient (Wildman–Crippen LogP) is 3.33. The molecule has 0 spiro atoms. The summed E-state index contributed by atoms with van der Waals surface area (Å²) in [5, 5.41) is 1.91. The number of thioether (sulfide) groups is 1. The first kappa shape index (κ1) is 16.5. The smallest absolute Gasteiger partial charge is 0.293 e. The molecule has 0 radical (unpaired) electrons. The van der Waals surface area contributed by atoms with Crippen molar-refractivity contribution in [2.75, 3.05) is 10.2 Å². The molecule has 1 atom stereocenters. The number of hydrogen-bond donors (Lipinski definition) is 1. The SMILES string of the molecule is O=C(C[C@H]1SC(=O)N(c2ccccc2)C1=O)Nc1ccc(Cl)cn1. The lowest BCUT2D eigenvalue weighted by molar-refractivity contribution is -0.121. The number of nitrogens with one attached hydrogen (secondary N) is 1. The number of aromatic nitrogens is 1. The molecule has 3 amide bonds. The Morgan fingerprint density at radius 2 is 1.96 bits per heavy atom. The number of pyridine rings is 1. The van der Waals surface area contributed by atoms with E-state index in [1.165, 1.54) is 6.20 Å². The van der Waals surface area contributed by atoms with E-state index in [1.54, 1.807) is 42.5 Å². The third-order valence-corrected chi connectivity index (χ3v) is 4.56. The first-order valence-electron chi connectivity index (χ1n) is 7.05. The molecule has 0 aliphatic carbocycles. The Bertz CT molecular complexity index is 783. The van der Waals surface area contributed by atoms with Crippen LogP contribution in [0.15, 0.2) is 48.7 Å². The maximum absolute atomic E-state index is 12.4. The van der Waals surface area contributed by atoms with Gasteiger partial charge in [-0.15, -0.1) is 0 Å². The van der Waals surface area contributed by atoms with Crippen molar-refractivity contribution in [1.82, 2.24) is 4.98 Å². The molecule has 2 aromatic rings. The van der Waals surface area contributed by atoms with Crippen LogP contribution in [-0.4, -0.2) is 27.3 Å². The largest absolute Gasteiger partial charge is 0.311 e. The summed E-state index contributed by atoms with van der Waals surface area (Å²) in [6, 6.07) is 11.8. The van der Waals surface area contributed by atoms with Crippen molar-refractivity contribution >= 4 is 51.9 Å². The Morgan fingerprint density at radius 3 is 2.62 bits per heavy atom. The number of rotatable bonds is 4. The van der Waals surface area contributed by atoms with E-state index in [9.17, 15) is 14.4 Å². The van der Waals surface area contributed by atoms with Gasteiger partial charge in [-0.25, -0.2) is 9.88 Å². The van der Waals surface area contributed by atoms with E-state index in [0.717, 1.165) is 16.7 Å². The summed E-state index contributed by atoms with van der Waals surface area (Å²) in [6.45, 7) is 0. The summed E-state index contributed by atoms with van der Waals surface area (Å²) in [5.41, 5.74) is 0.502. The number of benzene rings is 1. The van der Waals surface area contributed by atoms with Crippen LogP contribution in [0.1, 0.15) is 6.42 Å². The molecule has 122 valence electrons. The molecular weight excluding hydrogens is 350 g/mol. The molecule has 8 heteroatoms. The van der Waals surface area contributed by atoms with E-state index in [1.807, 2.05) is 0 Å². The molecule has 1 saturated heterocycles. The molecule has 1 N–H and O–H groups in total. The lowest BCUT2D eigenvalue weighted by atomic mass is 10.2.